The molecular weight excluding hydrogens is 441 g/mol. The molecule has 1 aliphatic heterocycles. The van der Waals surface area contributed by atoms with Crippen molar-refractivity contribution in [3.63, 3.8) is 0 Å². The van der Waals surface area contributed by atoms with Crippen molar-refractivity contribution in [1.82, 2.24) is 10.2 Å². The van der Waals surface area contributed by atoms with Crippen molar-refractivity contribution in [2.24, 2.45) is 0 Å². The van der Waals surface area contributed by atoms with Crippen LogP contribution < -0.4 is 15.0 Å². The Morgan fingerprint density at radius 2 is 1.77 bits per heavy atom. The number of nitrogens with zero attached hydrogens (tertiary/aromatic N) is 2. The fraction of sp³-hybridized carbons (Fsp3) is 0.478. The van der Waals surface area contributed by atoms with Gasteiger partial charge in [-0.15, -0.1) is 24.8 Å². The summed E-state index contributed by atoms with van der Waals surface area (Å²) in [6.07, 6.45) is 3.57. The van der Waals surface area contributed by atoms with Crippen molar-refractivity contribution < 1.29 is 4.74 Å². The molecule has 4 nitrogen and oxygen atoms in total. The van der Waals surface area contributed by atoms with Gasteiger partial charge in [-0.05, 0) is 60.7 Å². The van der Waals surface area contributed by atoms with E-state index in [-0.39, 0.29) is 24.8 Å². The van der Waals surface area contributed by atoms with Gasteiger partial charge in [-0.2, -0.15) is 0 Å². The third kappa shape index (κ3) is 5.95. The lowest BCUT2D eigenvalue weighted by Gasteiger charge is -2.36. The smallest absolute Gasteiger partial charge is 0.122 e. The zero-order valence-corrected chi connectivity index (χ0v) is 19.9. The molecule has 0 amide bonds. The number of hydrogen-bond acceptors (Lipinski definition) is 4. The molecule has 0 aromatic heterocycles. The van der Waals surface area contributed by atoms with E-state index in [4.69, 9.17) is 16.3 Å². The van der Waals surface area contributed by atoms with Gasteiger partial charge in [-0.25, -0.2) is 0 Å². The van der Waals surface area contributed by atoms with E-state index in [1.807, 2.05) is 12.1 Å². The van der Waals surface area contributed by atoms with E-state index in [2.05, 4.69) is 45.4 Å². The fourth-order valence-electron chi connectivity index (χ4n) is 4.50. The second-order valence-corrected chi connectivity index (χ2v) is 8.17. The fourth-order valence-corrected chi connectivity index (χ4v) is 4.62. The Bertz CT molecular complexity index is 780. The zero-order chi connectivity index (χ0) is 19.3. The molecule has 0 bridgehead atoms. The van der Waals surface area contributed by atoms with Crippen LogP contribution in [0.1, 0.15) is 30.0 Å². The lowest BCUT2D eigenvalue weighted by Crippen LogP contribution is -2.48. The topological polar surface area (TPSA) is 27.7 Å². The van der Waals surface area contributed by atoms with Crippen LogP contribution in [0.25, 0.3) is 0 Å². The maximum absolute atomic E-state index is 6.00. The molecule has 1 heterocycles. The number of methoxy groups -OCH3 is 1. The summed E-state index contributed by atoms with van der Waals surface area (Å²) in [7, 11) is 1.77. The highest BCUT2D eigenvalue weighted by Crippen LogP contribution is 2.35. The van der Waals surface area contributed by atoms with Gasteiger partial charge >= 0.3 is 0 Å². The van der Waals surface area contributed by atoms with Crippen LogP contribution in [-0.2, 0) is 6.42 Å². The third-order valence-electron chi connectivity index (χ3n) is 6.07. The Kier molecular flexibility index (Phi) is 10.1. The summed E-state index contributed by atoms with van der Waals surface area (Å²) in [6, 6.07) is 15.1. The number of hydrogen-bond donors (Lipinski definition) is 1. The van der Waals surface area contributed by atoms with Crippen molar-refractivity contribution in [1.29, 1.82) is 0 Å². The van der Waals surface area contributed by atoms with Crippen LogP contribution in [0.4, 0.5) is 5.69 Å². The Labute approximate surface area is 197 Å². The minimum absolute atomic E-state index is 0. The Morgan fingerprint density at radius 1 is 1.03 bits per heavy atom. The predicted molar refractivity (Wildman–Crippen MR) is 131 cm³/mol. The molecule has 1 N–H and O–H groups in total. The molecular formula is C23H32Cl3N3O. The molecule has 30 heavy (non-hydrogen) atoms. The summed E-state index contributed by atoms with van der Waals surface area (Å²) in [5, 5.41) is 4.60. The molecule has 1 aliphatic carbocycles. The second kappa shape index (κ2) is 12.0. The monoisotopic (exact) mass is 471 g/mol. The quantitative estimate of drug-likeness (QED) is 0.641. The molecule has 1 unspecified atom stereocenters. The number of nitrogens with one attached hydrogen (secondary N) is 1. The molecule has 4 rings (SSSR count). The van der Waals surface area contributed by atoms with E-state index in [0.717, 1.165) is 56.5 Å². The molecule has 2 aromatic carbocycles. The van der Waals surface area contributed by atoms with Crippen LogP contribution in [0.3, 0.4) is 0 Å². The van der Waals surface area contributed by atoms with Crippen LogP contribution in [0.5, 0.6) is 5.75 Å². The molecule has 1 saturated heterocycles. The second-order valence-electron chi connectivity index (χ2n) is 7.73. The van der Waals surface area contributed by atoms with Gasteiger partial charge in [0, 0.05) is 56.0 Å². The van der Waals surface area contributed by atoms with Crippen molar-refractivity contribution in [2.45, 2.75) is 25.3 Å². The predicted octanol–water partition coefficient (Wildman–Crippen LogP) is 4.98. The largest absolute Gasteiger partial charge is 0.496 e. The highest BCUT2D eigenvalue weighted by molar-refractivity contribution is 6.30. The standard InChI is InChI=1S/C23H30ClN3O.2ClH/c1-28-23-7-3-4-20-21(23)5-2-6-22(20)25-12-13-26-14-16-27(17-15-26)19-10-8-18(24)9-11-19;;/h3-4,7-11,22,25H,2,5-6,12-17H2,1H3;2*1H. The van der Waals surface area contributed by atoms with Crippen molar-refractivity contribution >= 4 is 42.1 Å². The van der Waals surface area contributed by atoms with Crippen LogP contribution >= 0.6 is 36.4 Å². The average molecular weight is 473 g/mol. The summed E-state index contributed by atoms with van der Waals surface area (Å²) in [5.41, 5.74) is 4.10. The van der Waals surface area contributed by atoms with Crippen molar-refractivity contribution in [3.8, 4) is 5.75 Å². The van der Waals surface area contributed by atoms with E-state index >= 15 is 0 Å². The van der Waals surface area contributed by atoms with Crippen LogP contribution in [0.15, 0.2) is 42.5 Å². The highest BCUT2D eigenvalue weighted by atomic mass is 35.5. The minimum Gasteiger partial charge on any atom is -0.496 e. The van der Waals surface area contributed by atoms with Gasteiger partial charge < -0.3 is 15.0 Å². The maximum atomic E-state index is 6.00. The van der Waals surface area contributed by atoms with Crippen LogP contribution in [-0.4, -0.2) is 51.3 Å². The first-order chi connectivity index (χ1) is 13.7. The Hall–Kier alpha value is -1.17. The van der Waals surface area contributed by atoms with Gasteiger partial charge in [0.2, 0.25) is 0 Å². The SMILES string of the molecule is COc1cccc2c1CCCC2NCCN1CCN(c2ccc(Cl)cc2)CC1.Cl.Cl. The van der Waals surface area contributed by atoms with Gasteiger partial charge in [-0.1, -0.05) is 23.7 Å². The Morgan fingerprint density at radius 3 is 2.47 bits per heavy atom. The first-order valence-corrected chi connectivity index (χ1v) is 10.7. The lowest BCUT2D eigenvalue weighted by molar-refractivity contribution is 0.252. The van der Waals surface area contributed by atoms with Crippen molar-refractivity contribution in [3.05, 3.63) is 58.6 Å². The number of fused-ring (bicyclic) bond motifs is 1. The number of halogens is 3. The first-order valence-electron chi connectivity index (χ1n) is 10.4. The summed E-state index contributed by atoms with van der Waals surface area (Å²) in [4.78, 5) is 5.01. The molecule has 166 valence electrons. The number of benzene rings is 2. The number of piperazine rings is 1. The molecule has 0 spiro atoms. The van der Waals surface area contributed by atoms with E-state index in [9.17, 15) is 0 Å². The van der Waals surface area contributed by atoms with E-state index < -0.39 is 0 Å². The normalized spacial score (nSPS) is 18.7. The number of ether oxygens (including phenoxy) is 1. The van der Waals surface area contributed by atoms with Gasteiger partial charge in [0.05, 0.1) is 7.11 Å². The lowest BCUT2D eigenvalue weighted by atomic mass is 9.87. The van der Waals surface area contributed by atoms with Gasteiger partial charge in [-0.3, -0.25) is 4.90 Å². The minimum atomic E-state index is 0. The zero-order valence-electron chi connectivity index (χ0n) is 17.5. The van der Waals surface area contributed by atoms with Crippen LogP contribution in [0, 0.1) is 0 Å². The molecule has 7 heteroatoms. The summed E-state index contributed by atoms with van der Waals surface area (Å²) < 4.78 is 5.57. The van der Waals surface area contributed by atoms with Crippen molar-refractivity contribution in [2.75, 3.05) is 51.3 Å². The highest BCUT2D eigenvalue weighted by Gasteiger charge is 2.23. The molecule has 0 saturated carbocycles. The van der Waals surface area contributed by atoms with Gasteiger partial charge in [0.1, 0.15) is 5.75 Å². The first kappa shape index (κ1) is 25.1. The van der Waals surface area contributed by atoms with Gasteiger partial charge in [0.25, 0.3) is 0 Å². The third-order valence-corrected chi connectivity index (χ3v) is 6.32. The van der Waals surface area contributed by atoms with E-state index in [0.29, 0.717) is 6.04 Å². The summed E-state index contributed by atoms with van der Waals surface area (Å²) in [5.74, 6) is 1.04. The molecule has 1 atom stereocenters. The average Bonchev–Trinajstić information content (AvgIpc) is 2.74. The summed E-state index contributed by atoms with van der Waals surface area (Å²) >= 11 is 6.00. The molecule has 2 aliphatic rings. The van der Waals surface area contributed by atoms with Gasteiger partial charge in [0.15, 0.2) is 0 Å². The molecule has 0 radical (unpaired) electrons. The number of anilines is 1. The molecule has 1 fully saturated rings. The Balaban J connectivity index is 0.00000160. The number of rotatable bonds is 6. The summed E-state index contributed by atoms with van der Waals surface area (Å²) in [6.45, 7) is 6.50. The molecule has 2 aromatic rings. The van der Waals surface area contributed by atoms with E-state index in [1.54, 1.807) is 7.11 Å². The van der Waals surface area contributed by atoms with E-state index in [1.165, 1.54) is 29.7 Å². The van der Waals surface area contributed by atoms with Crippen LogP contribution in [0.2, 0.25) is 5.02 Å². The maximum Gasteiger partial charge on any atom is 0.122 e.